The number of H-pyrrole nitrogens is 1. The number of rotatable bonds is 5. The lowest BCUT2D eigenvalue weighted by Crippen LogP contribution is -2.27. The van der Waals surface area contributed by atoms with E-state index in [9.17, 15) is 9.59 Å². The highest BCUT2D eigenvalue weighted by Gasteiger charge is 2.26. The van der Waals surface area contributed by atoms with Crippen molar-refractivity contribution < 1.29 is 4.79 Å². The van der Waals surface area contributed by atoms with E-state index in [0.717, 1.165) is 29.7 Å². The molecule has 4 N–H and O–H groups in total. The number of nitrogen functional groups attached to an aromatic ring is 1. The van der Waals surface area contributed by atoms with Crippen LogP contribution in [-0.4, -0.2) is 44.8 Å². The number of nitrogens with zero attached hydrogens (tertiary/aromatic N) is 7. The molecule has 0 spiro atoms. The van der Waals surface area contributed by atoms with Gasteiger partial charge in [-0.2, -0.15) is 5.10 Å². The molecule has 12 nitrogen and oxygen atoms in total. The minimum absolute atomic E-state index is 0.144. The highest BCUT2D eigenvalue weighted by molar-refractivity contribution is 5.97. The molecule has 1 aliphatic carbocycles. The summed E-state index contributed by atoms with van der Waals surface area (Å²) in [6.45, 7) is 0. The lowest BCUT2D eigenvalue weighted by molar-refractivity contribution is 0.0937. The highest BCUT2D eigenvalue weighted by atomic mass is 16.2. The van der Waals surface area contributed by atoms with E-state index in [1.165, 1.54) is 4.57 Å². The number of aryl methyl sites for hydroxylation is 2. The number of hydrogen-bond donors (Lipinski definition) is 3. The summed E-state index contributed by atoms with van der Waals surface area (Å²) in [5.74, 6) is 1.48. The lowest BCUT2D eigenvalue weighted by atomic mass is 10.1. The van der Waals surface area contributed by atoms with E-state index in [-0.39, 0.29) is 17.6 Å². The smallest absolute Gasteiger partial charge is 0.326 e. The van der Waals surface area contributed by atoms with Gasteiger partial charge in [-0.15, -0.1) is 0 Å². The standard InChI is InChI=1S/C32H26N10O2/c1-40-26-17-19(6-10-24(26)38-32(40)44)31(43)37-23-9-5-18-16-20(7-8-21(18)23)42-29(22-4-2-13-34-28(22)33)36-25-11-12-27(39-30(25)42)41-15-3-14-35-41/h2-4,6-8,10-17,23H,5,9H2,1H3,(H2,33,34)(H,37,43)(H,38,44)/t23-/m0/s1. The first-order chi connectivity index (χ1) is 21.4. The Morgan fingerprint density at radius 1 is 1.05 bits per heavy atom. The predicted octanol–water partition coefficient (Wildman–Crippen LogP) is 3.85. The first-order valence-corrected chi connectivity index (χ1v) is 14.2. The van der Waals surface area contributed by atoms with Crippen LogP contribution in [0.25, 0.3) is 45.1 Å². The average Bonchev–Trinajstić information content (AvgIpc) is 3.83. The SMILES string of the molecule is Cn1c(=O)[nH]c2ccc(C(=O)N[C@H]3CCc4cc(-n5c(-c6cccnc6N)nc6ccc(-n7cccn7)nc65)ccc43)cc21. The number of benzene rings is 2. The third-order valence-corrected chi connectivity index (χ3v) is 8.24. The van der Waals surface area contributed by atoms with Crippen LogP contribution in [0.4, 0.5) is 5.82 Å². The van der Waals surface area contributed by atoms with Gasteiger partial charge in [0.1, 0.15) is 11.3 Å². The number of amides is 1. The molecule has 44 heavy (non-hydrogen) atoms. The van der Waals surface area contributed by atoms with Crippen molar-refractivity contribution in [3.8, 4) is 22.9 Å². The van der Waals surface area contributed by atoms with Crippen LogP contribution in [0.15, 0.2) is 90.1 Å². The van der Waals surface area contributed by atoms with Gasteiger partial charge in [0.05, 0.1) is 22.6 Å². The molecule has 1 aliphatic rings. The summed E-state index contributed by atoms with van der Waals surface area (Å²) in [7, 11) is 1.68. The van der Waals surface area contributed by atoms with Gasteiger partial charge in [0.25, 0.3) is 5.91 Å². The predicted molar refractivity (Wildman–Crippen MR) is 166 cm³/mol. The fourth-order valence-electron chi connectivity index (χ4n) is 6.01. The number of pyridine rings is 2. The summed E-state index contributed by atoms with van der Waals surface area (Å²) in [6.07, 6.45) is 6.77. The van der Waals surface area contributed by atoms with Crippen LogP contribution in [0.3, 0.4) is 0 Å². The summed E-state index contributed by atoms with van der Waals surface area (Å²) in [5.41, 5.74) is 13.1. The van der Waals surface area contributed by atoms with Crippen LogP contribution in [-0.2, 0) is 13.5 Å². The molecule has 216 valence electrons. The molecular weight excluding hydrogens is 556 g/mol. The molecule has 1 amide bonds. The molecule has 12 heteroatoms. The van der Waals surface area contributed by atoms with E-state index in [1.807, 2.05) is 47.2 Å². The summed E-state index contributed by atoms with van der Waals surface area (Å²) >= 11 is 0. The number of carbonyl (C=O) groups excluding carboxylic acids is 1. The molecule has 0 unspecified atom stereocenters. The molecular formula is C32H26N10O2. The Labute approximate surface area is 249 Å². The van der Waals surface area contributed by atoms with E-state index in [4.69, 9.17) is 15.7 Å². The molecule has 7 aromatic rings. The van der Waals surface area contributed by atoms with E-state index < -0.39 is 0 Å². The summed E-state index contributed by atoms with van der Waals surface area (Å²) in [5, 5.41) is 7.53. The minimum Gasteiger partial charge on any atom is -0.383 e. The normalized spacial score (nSPS) is 14.3. The van der Waals surface area contributed by atoms with E-state index >= 15 is 0 Å². The fourth-order valence-corrected chi connectivity index (χ4v) is 6.01. The highest BCUT2D eigenvalue weighted by Crippen LogP contribution is 2.36. The van der Waals surface area contributed by atoms with E-state index in [0.29, 0.717) is 50.8 Å². The van der Waals surface area contributed by atoms with Crippen LogP contribution in [0.1, 0.15) is 33.9 Å². The number of carbonyl (C=O) groups is 1. The van der Waals surface area contributed by atoms with Crippen molar-refractivity contribution >= 4 is 33.9 Å². The molecule has 8 rings (SSSR count). The zero-order chi connectivity index (χ0) is 29.9. The second-order valence-corrected chi connectivity index (χ2v) is 10.8. The topological polar surface area (TPSA) is 154 Å². The number of nitrogens with one attached hydrogen (secondary N) is 2. The van der Waals surface area contributed by atoms with E-state index in [2.05, 4.69) is 32.5 Å². The third-order valence-electron chi connectivity index (χ3n) is 8.24. The molecule has 0 aliphatic heterocycles. The van der Waals surface area contributed by atoms with Crippen molar-refractivity contribution in [2.24, 2.45) is 7.05 Å². The first kappa shape index (κ1) is 25.7. The molecule has 0 saturated heterocycles. The molecule has 5 aromatic heterocycles. The largest absolute Gasteiger partial charge is 0.383 e. The average molecular weight is 583 g/mol. The van der Waals surface area contributed by atoms with Crippen molar-refractivity contribution in [1.82, 2.24) is 44.2 Å². The van der Waals surface area contributed by atoms with Crippen LogP contribution in [0.2, 0.25) is 0 Å². The zero-order valence-corrected chi connectivity index (χ0v) is 23.6. The van der Waals surface area contributed by atoms with Crippen molar-refractivity contribution in [1.29, 1.82) is 0 Å². The maximum atomic E-state index is 13.3. The summed E-state index contributed by atoms with van der Waals surface area (Å²) < 4.78 is 5.20. The van der Waals surface area contributed by atoms with Crippen molar-refractivity contribution in [3.63, 3.8) is 0 Å². The van der Waals surface area contributed by atoms with E-state index in [1.54, 1.807) is 42.3 Å². The van der Waals surface area contributed by atoms with Gasteiger partial charge < -0.3 is 16.0 Å². The number of imidazole rings is 2. The van der Waals surface area contributed by atoms with Crippen molar-refractivity contribution in [2.45, 2.75) is 18.9 Å². The Morgan fingerprint density at radius 2 is 1.95 bits per heavy atom. The van der Waals surface area contributed by atoms with Crippen molar-refractivity contribution in [3.05, 3.63) is 112 Å². The third kappa shape index (κ3) is 4.07. The Morgan fingerprint density at radius 3 is 2.80 bits per heavy atom. The Bertz CT molecular complexity index is 2290. The molecule has 1 atom stereocenters. The van der Waals surface area contributed by atoms with Gasteiger partial charge in [-0.1, -0.05) is 6.07 Å². The van der Waals surface area contributed by atoms with Crippen molar-refractivity contribution in [2.75, 3.05) is 5.73 Å². The van der Waals surface area contributed by atoms with Gasteiger partial charge in [-0.25, -0.2) is 24.4 Å². The molecule has 0 fully saturated rings. The monoisotopic (exact) mass is 582 g/mol. The van der Waals surface area contributed by atoms with Gasteiger partial charge in [0, 0.05) is 36.9 Å². The lowest BCUT2D eigenvalue weighted by Gasteiger charge is -2.16. The fraction of sp³-hybridized carbons (Fsp3) is 0.125. The van der Waals surface area contributed by atoms with Crippen LogP contribution in [0, 0.1) is 0 Å². The van der Waals surface area contributed by atoms with Gasteiger partial charge in [-0.05, 0) is 84.6 Å². The molecule has 2 aromatic carbocycles. The molecule has 5 heterocycles. The maximum Gasteiger partial charge on any atom is 0.326 e. The number of hydrogen-bond acceptors (Lipinski definition) is 7. The summed E-state index contributed by atoms with van der Waals surface area (Å²) in [6, 6.07) is 20.7. The maximum absolute atomic E-state index is 13.3. The van der Waals surface area contributed by atoms with Crippen LogP contribution >= 0.6 is 0 Å². The molecule has 0 saturated carbocycles. The second kappa shape index (κ2) is 9.76. The second-order valence-electron chi connectivity index (χ2n) is 10.8. The molecule has 0 radical (unpaired) electrons. The number of aromatic nitrogens is 8. The summed E-state index contributed by atoms with van der Waals surface area (Å²) in [4.78, 5) is 42.2. The van der Waals surface area contributed by atoms with Gasteiger partial charge >= 0.3 is 5.69 Å². The minimum atomic E-state index is -0.217. The Balaban J connectivity index is 1.17. The zero-order valence-electron chi connectivity index (χ0n) is 23.6. The van der Waals surface area contributed by atoms with Crippen LogP contribution in [0.5, 0.6) is 0 Å². The number of anilines is 1. The number of nitrogens with two attached hydrogens (primary N) is 1. The van der Waals surface area contributed by atoms with Gasteiger partial charge in [0.2, 0.25) is 0 Å². The quantitative estimate of drug-likeness (QED) is 0.279. The molecule has 0 bridgehead atoms. The Kier molecular flexibility index (Phi) is 5.69. The number of fused-ring (bicyclic) bond motifs is 3. The Hall–Kier alpha value is -6.04. The first-order valence-electron chi connectivity index (χ1n) is 14.2. The van der Waals surface area contributed by atoms with Gasteiger partial charge in [0.15, 0.2) is 17.3 Å². The number of aromatic amines is 1. The van der Waals surface area contributed by atoms with Gasteiger partial charge in [-0.3, -0.25) is 13.9 Å². The van der Waals surface area contributed by atoms with Crippen LogP contribution < -0.4 is 16.7 Å².